The van der Waals surface area contributed by atoms with Gasteiger partial charge >= 0.3 is 0 Å². The van der Waals surface area contributed by atoms with Crippen LogP contribution in [0.25, 0.3) is 11.5 Å². The fourth-order valence-electron chi connectivity index (χ4n) is 1.28. The number of benzene rings is 1. The third kappa shape index (κ3) is 2.75. The minimum absolute atomic E-state index is 0.336. The molecule has 0 aliphatic carbocycles. The largest absolute Gasteiger partial charge is 0.398 e. The lowest BCUT2D eigenvalue weighted by atomic mass is 10.2. The first-order valence-electron chi connectivity index (χ1n) is 5.16. The zero-order valence-corrected chi connectivity index (χ0v) is 10.1. The number of anilines is 1. The Hall–Kier alpha value is -1.59. The molecule has 2 N–H and O–H groups in total. The van der Waals surface area contributed by atoms with Crippen molar-refractivity contribution in [2.24, 2.45) is 0 Å². The molecule has 0 aliphatic rings. The van der Waals surface area contributed by atoms with Crippen molar-refractivity contribution in [3.05, 3.63) is 29.0 Å². The first-order valence-corrected chi connectivity index (χ1v) is 5.54. The van der Waals surface area contributed by atoms with E-state index in [0.717, 1.165) is 5.56 Å². The minimum Gasteiger partial charge on any atom is -0.398 e. The number of nitrogens with two attached hydrogens (primary N) is 1. The Morgan fingerprint density at radius 2 is 2.29 bits per heavy atom. The smallest absolute Gasteiger partial charge is 0.258 e. The molecule has 0 unspecified atom stereocenters. The highest BCUT2D eigenvalue weighted by atomic mass is 35.5. The van der Waals surface area contributed by atoms with Crippen LogP contribution in [0.4, 0.5) is 5.69 Å². The van der Waals surface area contributed by atoms with Crippen LogP contribution in [0.1, 0.15) is 12.7 Å². The quantitative estimate of drug-likeness (QED) is 0.848. The van der Waals surface area contributed by atoms with E-state index in [9.17, 15) is 0 Å². The number of aromatic nitrogens is 2. The highest BCUT2D eigenvalue weighted by molar-refractivity contribution is 6.33. The first-order chi connectivity index (χ1) is 8.20. The first kappa shape index (κ1) is 11.9. The van der Waals surface area contributed by atoms with E-state index >= 15 is 0 Å². The summed E-state index contributed by atoms with van der Waals surface area (Å²) in [6, 6.07) is 5.16. The maximum Gasteiger partial charge on any atom is 0.258 e. The summed E-state index contributed by atoms with van der Waals surface area (Å²) in [5.41, 5.74) is 6.87. The maximum atomic E-state index is 5.91. The van der Waals surface area contributed by atoms with Gasteiger partial charge in [-0.15, -0.1) is 0 Å². The van der Waals surface area contributed by atoms with Gasteiger partial charge in [-0.3, -0.25) is 0 Å². The van der Waals surface area contributed by atoms with Gasteiger partial charge < -0.3 is 15.0 Å². The Bertz CT molecular complexity index is 513. The topological polar surface area (TPSA) is 74.2 Å². The molecule has 0 fully saturated rings. The molecule has 0 aliphatic heterocycles. The molecule has 6 heteroatoms. The molecule has 0 bridgehead atoms. The van der Waals surface area contributed by atoms with Gasteiger partial charge in [-0.2, -0.15) is 4.98 Å². The molecule has 0 amide bonds. The maximum absolute atomic E-state index is 5.91. The molecular formula is C11H12ClN3O2. The zero-order chi connectivity index (χ0) is 12.3. The van der Waals surface area contributed by atoms with Crippen molar-refractivity contribution >= 4 is 17.3 Å². The van der Waals surface area contributed by atoms with Crippen molar-refractivity contribution in [2.45, 2.75) is 13.5 Å². The number of hydrogen-bond donors (Lipinski definition) is 1. The van der Waals surface area contributed by atoms with Gasteiger partial charge in [-0.1, -0.05) is 16.8 Å². The van der Waals surface area contributed by atoms with Gasteiger partial charge in [0.05, 0.1) is 10.7 Å². The lowest BCUT2D eigenvalue weighted by molar-refractivity contribution is 0.126. The molecule has 0 saturated carbocycles. The van der Waals surface area contributed by atoms with Crippen molar-refractivity contribution in [3.8, 4) is 11.5 Å². The second kappa shape index (κ2) is 5.16. The number of rotatable bonds is 4. The standard InChI is InChI=1S/C11H12ClN3O2/c1-2-16-6-10-14-11(17-15-10)7-3-4-9(13)8(12)5-7/h3-5H,2,6,13H2,1H3. The lowest BCUT2D eigenvalue weighted by Gasteiger charge is -1.98. The van der Waals surface area contributed by atoms with Crippen LogP contribution >= 0.6 is 11.6 Å². The SMILES string of the molecule is CCOCc1noc(-c2ccc(N)c(Cl)c2)n1. The third-order valence-electron chi connectivity index (χ3n) is 2.15. The Morgan fingerprint density at radius 1 is 1.47 bits per heavy atom. The van der Waals surface area contributed by atoms with Crippen LogP contribution in [0, 0.1) is 0 Å². The molecule has 0 radical (unpaired) electrons. The molecule has 90 valence electrons. The number of nitrogen functional groups attached to an aromatic ring is 1. The van der Waals surface area contributed by atoms with Gasteiger partial charge in [0.25, 0.3) is 5.89 Å². The Balaban J connectivity index is 2.21. The van der Waals surface area contributed by atoms with Crippen LogP contribution in [0.5, 0.6) is 0 Å². The fourth-order valence-corrected chi connectivity index (χ4v) is 1.46. The van der Waals surface area contributed by atoms with Crippen LogP contribution in [-0.4, -0.2) is 16.7 Å². The van der Waals surface area contributed by atoms with Crippen LogP contribution in [0.15, 0.2) is 22.7 Å². The molecule has 1 aromatic carbocycles. The van der Waals surface area contributed by atoms with Crippen molar-refractivity contribution in [3.63, 3.8) is 0 Å². The summed E-state index contributed by atoms with van der Waals surface area (Å²) < 4.78 is 10.3. The van der Waals surface area contributed by atoms with E-state index in [0.29, 0.717) is 35.6 Å². The van der Waals surface area contributed by atoms with Crippen LogP contribution < -0.4 is 5.73 Å². The molecule has 0 saturated heterocycles. The summed E-state index contributed by atoms with van der Waals surface area (Å²) in [6.45, 7) is 2.85. The average molecular weight is 254 g/mol. The van der Waals surface area contributed by atoms with Crippen molar-refractivity contribution in [1.29, 1.82) is 0 Å². The molecule has 0 spiro atoms. The number of nitrogens with zero attached hydrogens (tertiary/aromatic N) is 2. The van der Waals surface area contributed by atoms with E-state index < -0.39 is 0 Å². The van der Waals surface area contributed by atoms with E-state index in [1.54, 1.807) is 18.2 Å². The predicted octanol–water partition coefficient (Wildman–Crippen LogP) is 2.51. The van der Waals surface area contributed by atoms with Gasteiger partial charge in [0, 0.05) is 12.2 Å². The Labute approximate surface area is 104 Å². The van der Waals surface area contributed by atoms with Crippen LogP contribution in [-0.2, 0) is 11.3 Å². The highest BCUT2D eigenvalue weighted by Gasteiger charge is 2.09. The van der Waals surface area contributed by atoms with E-state index in [2.05, 4.69) is 10.1 Å². The Kier molecular flexibility index (Phi) is 3.61. The van der Waals surface area contributed by atoms with Gasteiger partial charge in [-0.25, -0.2) is 0 Å². The summed E-state index contributed by atoms with van der Waals surface area (Å²) in [5, 5.41) is 4.26. The second-order valence-corrected chi connectivity index (χ2v) is 3.80. The molecule has 2 aromatic rings. The van der Waals surface area contributed by atoms with Crippen LogP contribution in [0.3, 0.4) is 0 Å². The van der Waals surface area contributed by atoms with E-state index in [1.165, 1.54) is 0 Å². The lowest BCUT2D eigenvalue weighted by Crippen LogP contribution is -1.93. The number of ether oxygens (including phenoxy) is 1. The fraction of sp³-hybridized carbons (Fsp3) is 0.273. The summed E-state index contributed by atoms with van der Waals surface area (Å²) >= 11 is 5.91. The molecular weight excluding hydrogens is 242 g/mol. The monoisotopic (exact) mass is 253 g/mol. The molecule has 17 heavy (non-hydrogen) atoms. The minimum atomic E-state index is 0.336. The van der Waals surface area contributed by atoms with Gasteiger partial charge in [0.15, 0.2) is 5.82 Å². The van der Waals surface area contributed by atoms with Crippen molar-refractivity contribution < 1.29 is 9.26 Å². The van der Waals surface area contributed by atoms with Crippen LogP contribution in [0.2, 0.25) is 5.02 Å². The molecule has 1 aromatic heterocycles. The van der Waals surface area contributed by atoms with Crippen molar-refractivity contribution in [2.75, 3.05) is 12.3 Å². The highest BCUT2D eigenvalue weighted by Crippen LogP contribution is 2.25. The summed E-state index contributed by atoms with van der Waals surface area (Å²) in [5.74, 6) is 0.913. The zero-order valence-electron chi connectivity index (χ0n) is 9.31. The average Bonchev–Trinajstić information content (AvgIpc) is 2.79. The summed E-state index contributed by atoms with van der Waals surface area (Å²) in [7, 11) is 0. The van der Waals surface area contributed by atoms with Gasteiger partial charge in [0.1, 0.15) is 6.61 Å². The van der Waals surface area contributed by atoms with E-state index in [1.807, 2.05) is 6.92 Å². The predicted molar refractivity (Wildman–Crippen MR) is 64.5 cm³/mol. The Morgan fingerprint density at radius 3 is 3.00 bits per heavy atom. The molecule has 5 nitrogen and oxygen atoms in total. The molecule has 1 heterocycles. The van der Waals surface area contributed by atoms with E-state index in [-0.39, 0.29) is 0 Å². The molecule has 0 atom stereocenters. The van der Waals surface area contributed by atoms with E-state index in [4.69, 9.17) is 26.6 Å². The number of hydrogen-bond acceptors (Lipinski definition) is 5. The van der Waals surface area contributed by atoms with Crippen molar-refractivity contribution in [1.82, 2.24) is 10.1 Å². The second-order valence-electron chi connectivity index (χ2n) is 3.39. The summed E-state index contributed by atoms with van der Waals surface area (Å²) in [6.07, 6.45) is 0. The van der Waals surface area contributed by atoms with Gasteiger partial charge in [-0.05, 0) is 25.1 Å². The normalized spacial score (nSPS) is 10.7. The third-order valence-corrected chi connectivity index (χ3v) is 2.48. The molecule has 2 rings (SSSR count). The summed E-state index contributed by atoms with van der Waals surface area (Å²) in [4.78, 5) is 4.19. The number of halogens is 1. The van der Waals surface area contributed by atoms with Gasteiger partial charge in [0.2, 0.25) is 0 Å².